The lowest BCUT2D eigenvalue weighted by Crippen LogP contribution is -2.20. The van der Waals surface area contributed by atoms with Gasteiger partial charge in [-0.3, -0.25) is 0 Å². The molecule has 0 spiro atoms. The van der Waals surface area contributed by atoms with Crippen molar-refractivity contribution in [2.45, 2.75) is 12.5 Å². The van der Waals surface area contributed by atoms with Crippen molar-refractivity contribution in [1.29, 1.82) is 0 Å². The van der Waals surface area contributed by atoms with Crippen LogP contribution in [0.4, 0.5) is 5.13 Å². The van der Waals surface area contributed by atoms with E-state index in [0.717, 1.165) is 28.4 Å². The number of hydrogen-bond acceptors (Lipinski definition) is 5. The third-order valence-electron chi connectivity index (χ3n) is 2.59. The van der Waals surface area contributed by atoms with Crippen molar-refractivity contribution in [3.63, 3.8) is 0 Å². The molecule has 1 aliphatic heterocycles. The first-order valence-corrected chi connectivity index (χ1v) is 5.79. The molecule has 1 fully saturated rings. The number of pyridine rings is 1. The van der Waals surface area contributed by atoms with Crippen LogP contribution in [0.15, 0.2) is 18.3 Å². The van der Waals surface area contributed by atoms with Crippen molar-refractivity contribution in [2.24, 2.45) is 0 Å². The van der Waals surface area contributed by atoms with E-state index in [1.54, 1.807) is 17.5 Å². The number of aliphatic hydroxyl groups is 1. The lowest BCUT2D eigenvalue weighted by Gasteiger charge is -2.12. The Bertz CT molecular complexity index is 451. The molecular formula is C10H11N3OS. The predicted octanol–water partition coefficient (Wildman–Crippen LogP) is 1.26. The lowest BCUT2D eigenvalue weighted by molar-refractivity contribution is 0.198. The molecule has 2 aromatic rings. The second-order valence-electron chi connectivity index (χ2n) is 3.71. The second kappa shape index (κ2) is 3.43. The van der Waals surface area contributed by atoms with Crippen LogP contribution < -0.4 is 4.90 Å². The number of hydrogen-bond donors (Lipinski definition) is 1. The number of aromatic nitrogens is 2. The van der Waals surface area contributed by atoms with Gasteiger partial charge in [-0.15, -0.1) is 0 Å². The molecule has 1 saturated heterocycles. The summed E-state index contributed by atoms with van der Waals surface area (Å²) >= 11 is 1.59. The van der Waals surface area contributed by atoms with Crippen molar-refractivity contribution in [1.82, 2.24) is 9.97 Å². The summed E-state index contributed by atoms with van der Waals surface area (Å²) in [7, 11) is 0. The summed E-state index contributed by atoms with van der Waals surface area (Å²) in [4.78, 5) is 11.8. The third-order valence-corrected chi connectivity index (χ3v) is 3.63. The maximum absolute atomic E-state index is 9.46. The van der Waals surface area contributed by atoms with Crippen LogP contribution in [-0.4, -0.2) is 34.3 Å². The van der Waals surface area contributed by atoms with Gasteiger partial charge < -0.3 is 10.0 Å². The van der Waals surface area contributed by atoms with E-state index in [2.05, 4.69) is 14.9 Å². The first kappa shape index (κ1) is 9.06. The largest absolute Gasteiger partial charge is 0.391 e. The Morgan fingerprint density at radius 3 is 3.20 bits per heavy atom. The first-order valence-electron chi connectivity index (χ1n) is 4.97. The van der Waals surface area contributed by atoms with Gasteiger partial charge in [0.1, 0.15) is 10.3 Å². The summed E-state index contributed by atoms with van der Waals surface area (Å²) in [5.74, 6) is 0. The van der Waals surface area contributed by atoms with Crippen molar-refractivity contribution in [3.8, 4) is 0 Å². The smallest absolute Gasteiger partial charge is 0.188 e. The van der Waals surface area contributed by atoms with E-state index >= 15 is 0 Å². The van der Waals surface area contributed by atoms with Crippen LogP contribution in [-0.2, 0) is 0 Å². The summed E-state index contributed by atoms with van der Waals surface area (Å²) in [6.07, 6.45) is 2.41. The molecule has 0 unspecified atom stereocenters. The highest BCUT2D eigenvalue weighted by Crippen LogP contribution is 2.29. The zero-order chi connectivity index (χ0) is 10.3. The molecule has 2 aromatic heterocycles. The van der Waals surface area contributed by atoms with Gasteiger partial charge in [0.2, 0.25) is 0 Å². The van der Waals surface area contributed by atoms with E-state index in [-0.39, 0.29) is 6.10 Å². The molecule has 0 saturated carbocycles. The predicted molar refractivity (Wildman–Crippen MR) is 60.3 cm³/mol. The minimum atomic E-state index is -0.204. The Morgan fingerprint density at radius 1 is 1.53 bits per heavy atom. The van der Waals surface area contributed by atoms with E-state index in [1.165, 1.54) is 0 Å². The Labute approximate surface area is 91.2 Å². The molecule has 4 nitrogen and oxygen atoms in total. The first-order chi connectivity index (χ1) is 7.33. The van der Waals surface area contributed by atoms with Crippen molar-refractivity contribution in [2.75, 3.05) is 18.0 Å². The van der Waals surface area contributed by atoms with Crippen LogP contribution in [0.3, 0.4) is 0 Å². The van der Waals surface area contributed by atoms with E-state index in [9.17, 15) is 5.11 Å². The summed E-state index contributed by atoms with van der Waals surface area (Å²) in [6, 6.07) is 3.86. The molecule has 3 rings (SSSR count). The second-order valence-corrected chi connectivity index (χ2v) is 4.67. The highest BCUT2D eigenvalue weighted by atomic mass is 32.1. The minimum absolute atomic E-state index is 0.204. The molecule has 0 aliphatic carbocycles. The van der Waals surface area contributed by atoms with E-state index in [0.29, 0.717) is 6.54 Å². The summed E-state index contributed by atoms with van der Waals surface area (Å²) in [5.41, 5.74) is 0.943. The van der Waals surface area contributed by atoms with Crippen molar-refractivity contribution in [3.05, 3.63) is 18.3 Å². The van der Waals surface area contributed by atoms with Crippen LogP contribution in [0.2, 0.25) is 0 Å². The van der Waals surface area contributed by atoms with Gasteiger partial charge in [-0.25, -0.2) is 9.97 Å². The Kier molecular flexibility index (Phi) is 2.07. The zero-order valence-corrected chi connectivity index (χ0v) is 8.94. The molecule has 0 radical (unpaired) electrons. The quantitative estimate of drug-likeness (QED) is 0.787. The molecule has 3 heterocycles. The fraction of sp³-hybridized carbons (Fsp3) is 0.400. The molecule has 15 heavy (non-hydrogen) atoms. The average molecular weight is 221 g/mol. The van der Waals surface area contributed by atoms with E-state index in [1.807, 2.05) is 12.1 Å². The summed E-state index contributed by atoms with van der Waals surface area (Å²) in [6.45, 7) is 1.58. The van der Waals surface area contributed by atoms with Crippen LogP contribution >= 0.6 is 11.3 Å². The Balaban J connectivity index is 1.98. The SMILES string of the molecule is O[C@H]1CCN(c2nc3cccnc3s2)C1. The van der Waals surface area contributed by atoms with Crippen LogP contribution in [0.1, 0.15) is 6.42 Å². The van der Waals surface area contributed by atoms with E-state index < -0.39 is 0 Å². The topological polar surface area (TPSA) is 49.2 Å². The van der Waals surface area contributed by atoms with Crippen LogP contribution in [0.5, 0.6) is 0 Å². The molecule has 78 valence electrons. The summed E-state index contributed by atoms with van der Waals surface area (Å²) in [5, 5.41) is 10.4. The van der Waals surface area contributed by atoms with Gasteiger partial charge in [0.25, 0.3) is 0 Å². The van der Waals surface area contributed by atoms with Crippen LogP contribution in [0.25, 0.3) is 10.3 Å². The monoisotopic (exact) mass is 221 g/mol. The van der Waals surface area contributed by atoms with Gasteiger partial charge in [0.15, 0.2) is 5.13 Å². The Morgan fingerprint density at radius 2 is 2.47 bits per heavy atom. The highest BCUT2D eigenvalue weighted by molar-refractivity contribution is 7.21. The maximum Gasteiger partial charge on any atom is 0.188 e. The number of anilines is 1. The number of nitrogens with zero attached hydrogens (tertiary/aromatic N) is 3. The lowest BCUT2D eigenvalue weighted by atomic mass is 10.3. The summed E-state index contributed by atoms with van der Waals surface area (Å²) < 4.78 is 0. The molecule has 0 amide bonds. The molecule has 5 heteroatoms. The van der Waals surface area contributed by atoms with Crippen molar-refractivity contribution >= 4 is 26.8 Å². The molecule has 1 atom stereocenters. The van der Waals surface area contributed by atoms with Gasteiger partial charge in [0.05, 0.1) is 6.10 Å². The normalized spacial score (nSPS) is 21.4. The fourth-order valence-electron chi connectivity index (χ4n) is 1.81. The molecular weight excluding hydrogens is 210 g/mol. The average Bonchev–Trinajstić information content (AvgIpc) is 2.82. The standard InChI is InChI=1S/C10H11N3OS/c14-7-3-5-13(6-7)10-12-8-2-1-4-11-9(8)15-10/h1-2,4,7,14H,3,5-6H2/t7-/m0/s1. The number of thiazole rings is 1. The fourth-order valence-corrected chi connectivity index (χ4v) is 2.75. The maximum atomic E-state index is 9.46. The molecule has 0 bridgehead atoms. The highest BCUT2D eigenvalue weighted by Gasteiger charge is 2.22. The van der Waals surface area contributed by atoms with Gasteiger partial charge in [-0.1, -0.05) is 11.3 Å². The van der Waals surface area contributed by atoms with Gasteiger partial charge in [-0.05, 0) is 18.6 Å². The Hall–Kier alpha value is -1.20. The number of aliphatic hydroxyl groups excluding tert-OH is 1. The number of rotatable bonds is 1. The van der Waals surface area contributed by atoms with Gasteiger partial charge in [-0.2, -0.15) is 0 Å². The molecule has 0 aromatic carbocycles. The van der Waals surface area contributed by atoms with Crippen LogP contribution in [0, 0.1) is 0 Å². The minimum Gasteiger partial charge on any atom is -0.391 e. The van der Waals surface area contributed by atoms with E-state index in [4.69, 9.17) is 0 Å². The molecule has 1 aliphatic rings. The van der Waals surface area contributed by atoms with Gasteiger partial charge >= 0.3 is 0 Å². The number of β-amino-alcohol motifs (C(OH)–C–C–N with tert-alkyl or cyclic N) is 1. The van der Waals surface area contributed by atoms with Gasteiger partial charge in [0, 0.05) is 19.3 Å². The number of fused-ring (bicyclic) bond motifs is 1. The third kappa shape index (κ3) is 1.57. The molecule has 1 N–H and O–H groups in total. The van der Waals surface area contributed by atoms with Crippen molar-refractivity contribution < 1.29 is 5.11 Å². The zero-order valence-electron chi connectivity index (χ0n) is 8.13.